The number of hydrogen-bond acceptors (Lipinski definition) is 4. The second kappa shape index (κ2) is 9.58. The number of likely N-dealkylation sites (N-methyl/N-ethyl adjacent to an activating group) is 1. The molecular weight excluding hydrogens is 388 g/mol. The lowest BCUT2D eigenvalue weighted by Gasteiger charge is -2.42. The molecule has 0 bridgehead atoms. The van der Waals surface area contributed by atoms with Gasteiger partial charge >= 0.3 is 0 Å². The number of aryl methyl sites for hydroxylation is 1. The number of likely N-dealkylation sites (tertiary alicyclic amines) is 1. The molecule has 1 unspecified atom stereocenters. The lowest BCUT2D eigenvalue weighted by atomic mass is 9.81. The summed E-state index contributed by atoms with van der Waals surface area (Å²) in [5.74, 6) is 0.811. The molecule has 1 aromatic carbocycles. The number of piperidine rings is 1. The van der Waals surface area contributed by atoms with Crippen LogP contribution in [0, 0.1) is 18.8 Å². The van der Waals surface area contributed by atoms with Crippen molar-refractivity contribution in [2.75, 3.05) is 20.1 Å². The SMILES string of the molecule is Cc1ccccc1CC(C1CCN(C(=O)c2cnccn2)CC1)N(C)C(=O)C1CCC1. The van der Waals surface area contributed by atoms with Gasteiger partial charge in [-0.05, 0) is 56.1 Å². The zero-order valence-electron chi connectivity index (χ0n) is 18.5. The summed E-state index contributed by atoms with van der Waals surface area (Å²) in [4.78, 5) is 37.9. The molecule has 1 aliphatic carbocycles. The molecule has 0 N–H and O–H groups in total. The number of carbonyl (C=O) groups is 2. The average Bonchev–Trinajstić information content (AvgIpc) is 2.77. The molecule has 4 rings (SSSR count). The average molecular weight is 421 g/mol. The number of benzene rings is 1. The Bertz CT molecular complexity index is 905. The highest BCUT2D eigenvalue weighted by atomic mass is 16.2. The van der Waals surface area contributed by atoms with Crippen molar-refractivity contribution in [3.8, 4) is 0 Å². The largest absolute Gasteiger partial charge is 0.342 e. The third-order valence-electron chi connectivity index (χ3n) is 7.14. The highest BCUT2D eigenvalue weighted by molar-refractivity contribution is 5.92. The number of carbonyl (C=O) groups excluding carboxylic acids is 2. The summed E-state index contributed by atoms with van der Waals surface area (Å²) in [6.45, 7) is 3.52. The Labute approximate surface area is 184 Å². The maximum Gasteiger partial charge on any atom is 0.274 e. The summed E-state index contributed by atoms with van der Waals surface area (Å²) in [6.07, 6.45) is 10.5. The van der Waals surface area contributed by atoms with Gasteiger partial charge in [-0.25, -0.2) is 4.98 Å². The fourth-order valence-corrected chi connectivity index (χ4v) is 4.85. The first-order chi connectivity index (χ1) is 15.0. The van der Waals surface area contributed by atoms with Gasteiger partial charge in [0.15, 0.2) is 0 Å². The van der Waals surface area contributed by atoms with Crippen molar-refractivity contribution in [1.82, 2.24) is 19.8 Å². The minimum atomic E-state index is -0.0547. The number of nitrogens with zero attached hydrogens (tertiary/aromatic N) is 4. The Kier molecular flexibility index (Phi) is 6.64. The van der Waals surface area contributed by atoms with Crippen LogP contribution in [0.15, 0.2) is 42.9 Å². The summed E-state index contributed by atoms with van der Waals surface area (Å²) in [5.41, 5.74) is 2.97. The number of rotatable bonds is 6. The van der Waals surface area contributed by atoms with E-state index in [2.05, 4.69) is 41.2 Å². The molecule has 2 heterocycles. The molecule has 1 atom stereocenters. The standard InChI is InChI=1S/C25H32N4O2/c1-18-6-3-4-7-21(18)16-23(28(2)24(30)20-8-5-9-20)19-10-14-29(15-11-19)25(31)22-17-26-12-13-27-22/h3-4,6-7,12-13,17,19-20,23H,5,8-11,14-16H2,1-2H3. The van der Waals surface area contributed by atoms with Gasteiger partial charge in [0.05, 0.1) is 6.20 Å². The van der Waals surface area contributed by atoms with Gasteiger partial charge in [0.25, 0.3) is 5.91 Å². The smallest absolute Gasteiger partial charge is 0.274 e. The van der Waals surface area contributed by atoms with E-state index in [4.69, 9.17) is 0 Å². The predicted molar refractivity (Wildman–Crippen MR) is 119 cm³/mol. The molecule has 2 fully saturated rings. The normalized spacial score (nSPS) is 18.3. The molecule has 1 saturated carbocycles. The molecule has 31 heavy (non-hydrogen) atoms. The maximum atomic E-state index is 13.1. The molecule has 2 aromatic rings. The molecule has 1 aromatic heterocycles. The first kappa shape index (κ1) is 21.5. The number of hydrogen-bond donors (Lipinski definition) is 0. The third-order valence-corrected chi connectivity index (χ3v) is 7.14. The van der Waals surface area contributed by atoms with Crippen molar-refractivity contribution in [2.24, 2.45) is 11.8 Å². The minimum absolute atomic E-state index is 0.0547. The van der Waals surface area contributed by atoms with Crippen LogP contribution < -0.4 is 0 Å². The second-order valence-corrected chi connectivity index (χ2v) is 9.00. The van der Waals surface area contributed by atoms with Gasteiger partial charge in [-0.2, -0.15) is 0 Å². The van der Waals surface area contributed by atoms with Crippen LogP contribution >= 0.6 is 0 Å². The second-order valence-electron chi connectivity index (χ2n) is 9.00. The van der Waals surface area contributed by atoms with E-state index in [-0.39, 0.29) is 17.9 Å². The van der Waals surface area contributed by atoms with Crippen molar-refractivity contribution in [1.29, 1.82) is 0 Å². The zero-order chi connectivity index (χ0) is 21.8. The van der Waals surface area contributed by atoms with E-state index in [9.17, 15) is 9.59 Å². The van der Waals surface area contributed by atoms with Gasteiger partial charge < -0.3 is 9.80 Å². The first-order valence-electron chi connectivity index (χ1n) is 11.4. The summed E-state index contributed by atoms with van der Waals surface area (Å²) in [6, 6.07) is 8.62. The molecule has 2 amide bonds. The van der Waals surface area contributed by atoms with Crippen LogP contribution in [0.25, 0.3) is 0 Å². The molecule has 1 saturated heterocycles. The van der Waals surface area contributed by atoms with Crippen LogP contribution in [0.5, 0.6) is 0 Å². The van der Waals surface area contributed by atoms with Crippen molar-refractivity contribution in [3.05, 3.63) is 59.7 Å². The van der Waals surface area contributed by atoms with Crippen LogP contribution in [-0.4, -0.2) is 57.8 Å². The number of amides is 2. The molecule has 6 heteroatoms. The highest BCUT2D eigenvalue weighted by Gasteiger charge is 2.36. The Morgan fingerprint density at radius 3 is 2.48 bits per heavy atom. The van der Waals surface area contributed by atoms with Gasteiger partial charge in [0.1, 0.15) is 5.69 Å². The Morgan fingerprint density at radius 2 is 1.87 bits per heavy atom. The monoisotopic (exact) mass is 420 g/mol. The lowest BCUT2D eigenvalue weighted by molar-refractivity contribution is -0.140. The van der Waals surface area contributed by atoms with Crippen LogP contribution in [0.4, 0.5) is 0 Å². The summed E-state index contributed by atoms with van der Waals surface area (Å²) < 4.78 is 0. The van der Waals surface area contributed by atoms with Gasteiger partial charge in [0.2, 0.25) is 5.91 Å². The molecule has 1 aliphatic heterocycles. The highest BCUT2D eigenvalue weighted by Crippen LogP contribution is 2.32. The Hall–Kier alpha value is -2.76. The predicted octanol–water partition coefficient (Wildman–Crippen LogP) is 3.51. The molecular formula is C25H32N4O2. The topological polar surface area (TPSA) is 66.4 Å². The Morgan fingerprint density at radius 1 is 1.13 bits per heavy atom. The van der Waals surface area contributed by atoms with Gasteiger partial charge in [-0.1, -0.05) is 30.7 Å². The fourth-order valence-electron chi connectivity index (χ4n) is 4.85. The van der Waals surface area contributed by atoms with Gasteiger partial charge in [-0.15, -0.1) is 0 Å². The summed E-state index contributed by atoms with van der Waals surface area (Å²) in [5, 5.41) is 0. The van der Waals surface area contributed by atoms with E-state index < -0.39 is 0 Å². The summed E-state index contributed by atoms with van der Waals surface area (Å²) in [7, 11) is 1.99. The van der Waals surface area contributed by atoms with Crippen LogP contribution in [0.2, 0.25) is 0 Å². The van der Waals surface area contributed by atoms with E-state index in [0.29, 0.717) is 30.6 Å². The van der Waals surface area contributed by atoms with Crippen molar-refractivity contribution in [2.45, 2.75) is 51.5 Å². The minimum Gasteiger partial charge on any atom is -0.342 e. The van der Waals surface area contributed by atoms with Crippen molar-refractivity contribution < 1.29 is 9.59 Å². The van der Waals surface area contributed by atoms with Gasteiger partial charge in [0, 0.05) is 44.5 Å². The van der Waals surface area contributed by atoms with Crippen LogP contribution in [0.3, 0.4) is 0 Å². The third kappa shape index (κ3) is 4.78. The Balaban J connectivity index is 1.47. The van der Waals surface area contributed by atoms with E-state index in [1.165, 1.54) is 17.3 Å². The molecule has 6 nitrogen and oxygen atoms in total. The quantitative estimate of drug-likeness (QED) is 0.717. The van der Waals surface area contributed by atoms with E-state index >= 15 is 0 Å². The van der Waals surface area contributed by atoms with Crippen molar-refractivity contribution >= 4 is 11.8 Å². The molecule has 0 radical (unpaired) electrons. The maximum absolute atomic E-state index is 13.1. The van der Waals surface area contributed by atoms with Crippen LogP contribution in [-0.2, 0) is 11.2 Å². The first-order valence-corrected chi connectivity index (χ1v) is 11.4. The summed E-state index contributed by atoms with van der Waals surface area (Å²) >= 11 is 0. The number of aromatic nitrogens is 2. The van der Waals surface area contributed by atoms with Crippen molar-refractivity contribution in [3.63, 3.8) is 0 Å². The molecule has 0 spiro atoms. The lowest BCUT2D eigenvalue weighted by Crippen LogP contribution is -2.50. The van der Waals surface area contributed by atoms with E-state index in [1.54, 1.807) is 12.4 Å². The molecule has 164 valence electrons. The fraction of sp³-hybridized carbons (Fsp3) is 0.520. The van der Waals surface area contributed by atoms with Crippen LogP contribution in [0.1, 0.15) is 53.7 Å². The molecule has 2 aliphatic rings. The van der Waals surface area contributed by atoms with E-state index in [0.717, 1.165) is 38.5 Å². The van der Waals surface area contributed by atoms with E-state index in [1.807, 2.05) is 16.8 Å². The van der Waals surface area contributed by atoms with Gasteiger partial charge in [-0.3, -0.25) is 14.6 Å². The zero-order valence-corrected chi connectivity index (χ0v) is 18.5.